The maximum Gasteiger partial charge on any atom is 0.208 e. The molecule has 31 heavy (non-hydrogen) atoms. The van der Waals surface area contributed by atoms with Gasteiger partial charge in [-0.3, -0.25) is 0 Å². The van der Waals surface area contributed by atoms with Gasteiger partial charge in [-0.1, -0.05) is 29.7 Å². The number of anilines is 1. The van der Waals surface area contributed by atoms with Crippen molar-refractivity contribution in [2.75, 3.05) is 5.32 Å². The molecule has 2 saturated carbocycles. The predicted octanol–water partition coefficient (Wildman–Crippen LogP) is 1.94. The van der Waals surface area contributed by atoms with Crippen molar-refractivity contribution in [3.8, 4) is 11.8 Å². The van der Waals surface area contributed by atoms with Gasteiger partial charge in [-0.15, -0.1) is 0 Å². The quantitative estimate of drug-likeness (QED) is 0.413. The number of hydrogen-bond donors (Lipinski definition) is 3. The predicted molar refractivity (Wildman–Crippen MR) is 114 cm³/mol. The molecule has 2 aliphatic rings. The van der Waals surface area contributed by atoms with Crippen LogP contribution in [0.5, 0.6) is 0 Å². The summed E-state index contributed by atoms with van der Waals surface area (Å²) in [4.78, 5) is 25.1. The second-order valence-electron chi connectivity index (χ2n) is 8.05. The standard InChI is InChI=1S/C22H20ClN5O3/c1-2-4-15-26-20(24-9-12-5-3-6-13(23)7-12)16-21(27-15)28(11-25-16)17-14-8-22(14,10-29)19(31)18(17)30/h3,5-7,10-11,14,17-19,30-31H,8-9H2,1H3,(H,24,26,27)/t14-,17-,18-,19?,22+/m1/s1. The molecular formula is C22H20ClN5O3. The lowest BCUT2D eigenvalue weighted by Crippen LogP contribution is -2.34. The monoisotopic (exact) mass is 437 g/mol. The minimum atomic E-state index is -1.10. The van der Waals surface area contributed by atoms with E-state index in [-0.39, 0.29) is 5.92 Å². The molecule has 8 nitrogen and oxygen atoms in total. The average Bonchev–Trinajstić information content (AvgIpc) is 3.28. The van der Waals surface area contributed by atoms with Gasteiger partial charge in [0.25, 0.3) is 0 Å². The number of aromatic nitrogens is 4. The van der Waals surface area contributed by atoms with Crippen molar-refractivity contribution in [2.45, 2.75) is 38.1 Å². The Morgan fingerprint density at radius 2 is 2.23 bits per heavy atom. The van der Waals surface area contributed by atoms with Crippen molar-refractivity contribution in [1.82, 2.24) is 19.5 Å². The zero-order valence-electron chi connectivity index (χ0n) is 16.7. The lowest BCUT2D eigenvalue weighted by molar-refractivity contribution is -0.117. The Balaban J connectivity index is 1.55. The van der Waals surface area contributed by atoms with E-state index in [2.05, 4.69) is 32.1 Å². The van der Waals surface area contributed by atoms with Crippen LogP contribution in [0.4, 0.5) is 5.82 Å². The summed E-state index contributed by atoms with van der Waals surface area (Å²) in [5.74, 6) is 6.33. The summed E-state index contributed by atoms with van der Waals surface area (Å²) in [5.41, 5.74) is 1.11. The second kappa shape index (κ2) is 7.31. The number of nitrogens with zero attached hydrogens (tertiary/aromatic N) is 4. The number of aliphatic hydroxyl groups excluding tert-OH is 2. The number of carbonyl (C=O) groups is 1. The van der Waals surface area contributed by atoms with Crippen molar-refractivity contribution >= 4 is 34.9 Å². The van der Waals surface area contributed by atoms with E-state index >= 15 is 0 Å². The number of benzene rings is 1. The van der Waals surface area contributed by atoms with E-state index < -0.39 is 23.7 Å². The lowest BCUT2D eigenvalue weighted by Gasteiger charge is -2.22. The summed E-state index contributed by atoms with van der Waals surface area (Å²) < 4.78 is 1.74. The first-order chi connectivity index (χ1) is 15.0. The lowest BCUT2D eigenvalue weighted by atomic mass is 10.0. The molecule has 0 aliphatic heterocycles. The number of aliphatic hydroxyl groups is 2. The van der Waals surface area contributed by atoms with Gasteiger partial charge in [0, 0.05) is 11.6 Å². The van der Waals surface area contributed by atoms with Crippen LogP contribution in [0.25, 0.3) is 11.2 Å². The largest absolute Gasteiger partial charge is 0.389 e. The molecule has 1 aromatic carbocycles. The SMILES string of the molecule is CC#Cc1nc(NCc2cccc(Cl)c2)c2ncn([C@@H]3[C@H]4C[C@@]4(C=O)C(O)[C@@H]3O)c2n1. The molecule has 5 atom stereocenters. The Kier molecular flexibility index (Phi) is 4.70. The number of halogens is 1. The third-order valence-electron chi connectivity index (χ3n) is 6.29. The van der Waals surface area contributed by atoms with Crippen LogP contribution in [0.2, 0.25) is 5.02 Å². The number of nitrogens with one attached hydrogen (secondary N) is 1. The fourth-order valence-corrected chi connectivity index (χ4v) is 4.88. The summed E-state index contributed by atoms with van der Waals surface area (Å²) in [6.07, 6.45) is 0.693. The molecule has 1 unspecified atom stereocenters. The van der Waals surface area contributed by atoms with E-state index in [9.17, 15) is 15.0 Å². The summed E-state index contributed by atoms with van der Waals surface area (Å²) in [6.45, 7) is 2.17. The molecule has 0 bridgehead atoms. The molecule has 0 spiro atoms. The zero-order valence-corrected chi connectivity index (χ0v) is 17.4. The smallest absolute Gasteiger partial charge is 0.208 e. The van der Waals surface area contributed by atoms with Crippen molar-refractivity contribution in [3.63, 3.8) is 0 Å². The van der Waals surface area contributed by atoms with Gasteiger partial charge in [-0.2, -0.15) is 0 Å². The Labute approximate surface area is 183 Å². The molecule has 5 rings (SSSR count). The highest BCUT2D eigenvalue weighted by Crippen LogP contribution is 2.66. The van der Waals surface area contributed by atoms with Gasteiger partial charge in [0.15, 0.2) is 17.0 Å². The normalized spacial score (nSPS) is 28.6. The van der Waals surface area contributed by atoms with E-state index in [0.29, 0.717) is 40.8 Å². The van der Waals surface area contributed by atoms with E-state index in [4.69, 9.17) is 11.6 Å². The number of carbonyl (C=O) groups excluding carboxylic acids is 1. The van der Waals surface area contributed by atoms with Crippen molar-refractivity contribution in [2.24, 2.45) is 11.3 Å². The Hall–Kier alpha value is -2.99. The summed E-state index contributed by atoms with van der Waals surface area (Å²) >= 11 is 6.07. The highest BCUT2D eigenvalue weighted by Gasteiger charge is 2.72. The summed E-state index contributed by atoms with van der Waals surface area (Å²) in [7, 11) is 0. The number of hydrogen-bond acceptors (Lipinski definition) is 7. The van der Waals surface area contributed by atoms with Gasteiger partial charge in [-0.05, 0) is 42.9 Å². The van der Waals surface area contributed by atoms with Gasteiger partial charge in [0.05, 0.1) is 23.9 Å². The molecule has 0 saturated heterocycles. The summed E-state index contributed by atoms with van der Waals surface area (Å²) in [5, 5.41) is 25.0. The molecule has 0 amide bonds. The van der Waals surface area contributed by atoms with Crippen LogP contribution in [-0.4, -0.2) is 48.2 Å². The number of rotatable bonds is 5. The zero-order chi connectivity index (χ0) is 21.8. The van der Waals surface area contributed by atoms with Crippen molar-refractivity contribution < 1.29 is 15.0 Å². The number of fused-ring (bicyclic) bond motifs is 2. The molecule has 0 radical (unpaired) electrons. The molecule has 3 aromatic rings. The minimum Gasteiger partial charge on any atom is -0.389 e. The molecule has 158 valence electrons. The van der Waals surface area contributed by atoms with Crippen LogP contribution < -0.4 is 5.32 Å². The van der Waals surface area contributed by atoms with Crippen LogP contribution in [-0.2, 0) is 11.3 Å². The highest BCUT2D eigenvalue weighted by atomic mass is 35.5. The van der Waals surface area contributed by atoms with Crippen LogP contribution in [0.1, 0.15) is 30.8 Å². The molecule has 2 heterocycles. The fourth-order valence-electron chi connectivity index (χ4n) is 4.67. The van der Waals surface area contributed by atoms with Gasteiger partial charge < -0.3 is 24.9 Å². The maximum atomic E-state index is 11.6. The number of imidazole rings is 1. The Bertz CT molecular complexity index is 1250. The van der Waals surface area contributed by atoms with Crippen molar-refractivity contribution in [3.05, 3.63) is 47.0 Å². The maximum absolute atomic E-state index is 11.6. The molecule has 2 fully saturated rings. The first-order valence-electron chi connectivity index (χ1n) is 9.96. The third kappa shape index (κ3) is 3.08. The van der Waals surface area contributed by atoms with Gasteiger partial charge >= 0.3 is 0 Å². The first-order valence-corrected chi connectivity index (χ1v) is 10.3. The third-order valence-corrected chi connectivity index (χ3v) is 6.52. The number of aldehydes is 1. The van der Waals surface area contributed by atoms with E-state index in [1.807, 2.05) is 24.3 Å². The van der Waals surface area contributed by atoms with E-state index in [0.717, 1.165) is 11.8 Å². The van der Waals surface area contributed by atoms with Crippen LogP contribution in [0.15, 0.2) is 30.6 Å². The summed E-state index contributed by atoms with van der Waals surface area (Å²) in [6, 6.07) is 7.00. The average molecular weight is 438 g/mol. The highest BCUT2D eigenvalue weighted by molar-refractivity contribution is 6.30. The molecular weight excluding hydrogens is 418 g/mol. The van der Waals surface area contributed by atoms with Gasteiger partial charge in [0.2, 0.25) is 5.82 Å². The Morgan fingerprint density at radius 3 is 2.94 bits per heavy atom. The van der Waals surface area contributed by atoms with E-state index in [1.54, 1.807) is 17.8 Å². The second-order valence-corrected chi connectivity index (χ2v) is 8.48. The molecule has 9 heteroatoms. The van der Waals surface area contributed by atoms with E-state index in [1.165, 1.54) is 0 Å². The molecule has 3 N–H and O–H groups in total. The van der Waals surface area contributed by atoms with Crippen LogP contribution in [0, 0.1) is 23.2 Å². The van der Waals surface area contributed by atoms with Gasteiger partial charge in [-0.25, -0.2) is 15.0 Å². The fraction of sp³-hybridized carbons (Fsp3) is 0.364. The van der Waals surface area contributed by atoms with Crippen molar-refractivity contribution in [1.29, 1.82) is 0 Å². The van der Waals surface area contributed by atoms with Gasteiger partial charge in [0.1, 0.15) is 12.4 Å². The van der Waals surface area contributed by atoms with Crippen LogP contribution >= 0.6 is 11.6 Å². The molecule has 2 aromatic heterocycles. The topological polar surface area (TPSA) is 113 Å². The minimum absolute atomic E-state index is 0.161. The Morgan fingerprint density at radius 1 is 1.39 bits per heavy atom. The first kappa shape index (κ1) is 19.9. The molecule has 2 aliphatic carbocycles. The van der Waals surface area contributed by atoms with Crippen LogP contribution in [0.3, 0.4) is 0 Å².